The molecule has 0 amide bonds. The van der Waals surface area contributed by atoms with Crippen LogP contribution in [-0.2, 0) is 14.4 Å². The molecule has 0 bridgehead atoms. The average molecular weight is 711 g/mol. The first kappa shape index (κ1) is 50.8. The van der Waals surface area contributed by atoms with Crippen molar-refractivity contribution < 1.29 is 19.5 Å². The van der Waals surface area contributed by atoms with E-state index in [1.54, 1.807) is 6.08 Å². The Morgan fingerprint density at radius 3 is 1.55 bits per heavy atom. The molecular weight excluding hydrogens is 629 g/mol. The van der Waals surface area contributed by atoms with Crippen LogP contribution in [0.4, 0.5) is 0 Å². The highest BCUT2D eigenvalue weighted by atomic mass is 16.3. The van der Waals surface area contributed by atoms with Gasteiger partial charge in [0.25, 0.3) is 0 Å². The van der Waals surface area contributed by atoms with Crippen LogP contribution in [0.5, 0.6) is 0 Å². The molecule has 0 aromatic rings. The van der Waals surface area contributed by atoms with E-state index < -0.39 is 5.41 Å². The first-order valence-corrected chi connectivity index (χ1v) is 18.5. The van der Waals surface area contributed by atoms with Crippen molar-refractivity contribution in [3.63, 3.8) is 0 Å². The number of aliphatic hydroxyl groups is 1. The van der Waals surface area contributed by atoms with Gasteiger partial charge in [0.15, 0.2) is 11.6 Å². The minimum atomic E-state index is -0.436. The molecule has 51 heavy (non-hydrogen) atoms. The molecule has 1 N–H and O–H groups in total. The van der Waals surface area contributed by atoms with Gasteiger partial charge in [0.2, 0.25) is 0 Å². The molecule has 3 aliphatic rings. The SMILES string of the molecule is C.C.CC(C)(C)/C=C/C(=O)C1(C)CC(O)CC1(C)C.CC1=C(/C=C/C(C)(C)C)C(C)(C)CC(=O)C1.CC1=C(/C=C/C(C)(C)C)C(C)(C)CCC1=O. The number of hydrogen-bond donors (Lipinski definition) is 1. The number of ketones is 3. The minimum absolute atomic E-state index is 0. The molecule has 1 saturated carbocycles. The number of Topliss-reactive ketones (excluding diaryl/α,β-unsaturated/α-hetero) is 2. The second kappa shape index (κ2) is 18.1. The molecule has 0 aromatic carbocycles. The van der Waals surface area contributed by atoms with E-state index in [2.05, 4.69) is 135 Å². The summed E-state index contributed by atoms with van der Waals surface area (Å²) >= 11 is 0. The van der Waals surface area contributed by atoms with E-state index in [0.717, 1.165) is 12.0 Å². The minimum Gasteiger partial charge on any atom is -0.393 e. The summed E-state index contributed by atoms with van der Waals surface area (Å²) in [5, 5.41) is 9.80. The van der Waals surface area contributed by atoms with Gasteiger partial charge in [0.1, 0.15) is 5.78 Å². The van der Waals surface area contributed by atoms with Crippen LogP contribution < -0.4 is 0 Å². The molecule has 0 radical (unpaired) electrons. The van der Waals surface area contributed by atoms with Crippen LogP contribution in [0.2, 0.25) is 0 Å². The maximum atomic E-state index is 12.4. The molecule has 0 heterocycles. The molecular formula is C47H82O4. The molecule has 0 saturated heterocycles. The van der Waals surface area contributed by atoms with Crippen molar-refractivity contribution in [1.82, 2.24) is 0 Å². The first-order valence-electron chi connectivity index (χ1n) is 18.5. The molecule has 1 fully saturated rings. The molecule has 3 aliphatic carbocycles. The summed E-state index contributed by atoms with van der Waals surface area (Å²) in [6.45, 7) is 38.3. The lowest BCUT2D eigenvalue weighted by Gasteiger charge is -2.35. The molecule has 3 rings (SSSR count). The summed E-state index contributed by atoms with van der Waals surface area (Å²) in [6, 6.07) is 0. The number of aliphatic hydroxyl groups excluding tert-OH is 1. The molecule has 0 aromatic heterocycles. The predicted molar refractivity (Wildman–Crippen MR) is 223 cm³/mol. The summed E-state index contributed by atoms with van der Waals surface area (Å²) in [4.78, 5) is 35.7. The Kier molecular flexibility index (Phi) is 18.1. The topological polar surface area (TPSA) is 71.4 Å². The number of carbonyl (C=O) groups is 3. The van der Waals surface area contributed by atoms with E-state index in [-0.39, 0.29) is 59.2 Å². The second-order valence-electron chi connectivity index (χ2n) is 20.6. The Morgan fingerprint density at radius 1 is 0.706 bits per heavy atom. The molecule has 2 unspecified atom stereocenters. The number of carbonyl (C=O) groups excluding carboxylic acids is 3. The first-order chi connectivity index (χ1) is 21.7. The maximum Gasteiger partial charge on any atom is 0.161 e. The van der Waals surface area contributed by atoms with Crippen LogP contribution >= 0.6 is 0 Å². The third-order valence-electron chi connectivity index (χ3n) is 10.5. The van der Waals surface area contributed by atoms with E-state index in [4.69, 9.17) is 0 Å². The van der Waals surface area contributed by atoms with Crippen molar-refractivity contribution in [3.05, 3.63) is 58.7 Å². The fourth-order valence-electron chi connectivity index (χ4n) is 6.99. The second-order valence-corrected chi connectivity index (χ2v) is 20.6. The van der Waals surface area contributed by atoms with E-state index in [1.807, 2.05) is 19.9 Å². The van der Waals surface area contributed by atoms with E-state index in [9.17, 15) is 19.5 Å². The van der Waals surface area contributed by atoms with Crippen molar-refractivity contribution in [2.24, 2.45) is 37.9 Å². The van der Waals surface area contributed by atoms with Crippen molar-refractivity contribution in [1.29, 1.82) is 0 Å². The van der Waals surface area contributed by atoms with Crippen LogP contribution in [0, 0.1) is 37.9 Å². The molecule has 0 aliphatic heterocycles. The van der Waals surface area contributed by atoms with Gasteiger partial charge >= 0.3 is 0 Å². The molecule has 2 atom stereocenters. The third kappa shape index (κ3) is 15.7. The van der Waals surface area contributed by atoms with Gasteiger partial charge in [-0.3, -0.25) is 14.4 Å². The molecule has 0 spiro atoms. The van der Waals surface area contributed by atoms with E-state index >= 15 is 0 Å². The van der Waals surface area contributed by atoms with Crippen molar-refractivity contribution in [2.75, 3.05) is 0 Å². The number of allylic oxidation sites excluding steroid dienone is 10. The Labute approximate surface area is 316 Å². The normalized spacial score (nSPS) is 24.9. The van der Waals surface area contributed by atoms with Crippen LogP contribution in [0.3, 0.4) is 0 Å². The molecule has 4 nitrogen and oxygen atoms in total. The Bertz CT molecular complexity index is 1370. The lowest BCUT2D eigenvalue weighted by Crippen LogP contribution is -2.36. The largest absolute Gasteiger partial charge is 0.393 e. The summed E-state index contributed by atoms with van der Waals surface area (Å²) in [6.07, 6.45) is 16.4. The number of rotatable bonds is 4. The lowest BCUT2D eigenvalue weighted by atomic mass is 9.66. The highest BCUT2D eigenvalue weighted by Gasteiger charge is 2.52. The highest BCUT2D eigenvalue weighted by Crippen LogP contribution is 2.53. The van der Waals surface area contributed by atoms with Gasteiger partial charge in [-0.15, -0.1) is 0 Å². The van der Waals surface area contributed by atoms with Gasteiger partial charge in [-0.2, -0.15) is 0 Å². The zero-order valence-corrected chi connectivity index (χ0v) is 35.0. The third-order valence-corrected chi connectivity index (χ3v) is 10.5. The lowest BCUT2D eigenvalue weighted by molar-refractivity contribution is -0.127. The standard InChI is InChI=1S/C15H26O2.2C15H24O.2CH4/c1-13(2,3)8-7-12(17)15(6)10-11(16)9-14(15,4)5;1-11-12(7-9-14(2,3)4)15(5,6)10-8-13(11)16;1-11-9-12(16)10-15(5,6)13(11)7-8-14(2,3)4;;/h7-8,11,16H,9-10H2,1-6H3;7,9H,8,10H2,1-6H3;7-8H,9-10H2,1-6H3;2*1H4/b8-7+;9-7+;8-7+;;. The molecule has 294 valence electrons. The predicted octanol–water partition coefficient (Wildman–Crippen LogP) is 13.2. The van der Waals surface area contributed by atoms with Gasteiger partial charge in [0, 0.05) is 24.7 Å². The van der Waals surface area contributed by atoms with Gasteiger partial charge in [-0.1, -0.05) is 162 Å². The smallest absolute Gasteiger partial charge is 0.161 e. The molecule has 4 heteroatoms. The zero-order valence-electron chi connectivity index (χ0n) is 35.0. The Balaban J connectivity index is 0. The van der Waals surface area contributed by atoms with Crippen LogP contribution in [0.25, 0.3) is 0 Å². The summed E-state index contributed by atoms with van der Waals surface area (Å²) in [5.41, 5.74) is 4.72. The van der Waals surface area contributed by atoms with Crippen molar-refractivity contribution in [3.8, 4) is 0 Å². The van der Waals surface area contributed by atoms with Crippen LogP contribution in [0.1, 0.15) is 178 Å². The number of hydrogen-bond acceptors (Lipinski definition) is 4. The van der Waals surface area contributed by atoms with Gasteiger partial charge in [-0.25, -0.2) is 0 Å². The fraction of sp³-hybridized carbons (Fsp3) is 0.723. The zero-order chi connectivity index (χ0) is 38.6. The van der Waals surface area contributed by atoms with Crippen LogP contribution in [0.15, 0.2) is 58.7 Å². The maximum absolute atomic E-state index is 12.4. The van der Waals surface area contributed by atoms with Crippen LogP contribution in [-0.4, -0.2) is 28.6 Å². The Morgan fingerprint density at radius 2 is 1.16 bits per heavy atom. The van der Waals surface area contributed by atoms with Gasteiger partial charge in [-0.05, 0) is 88.4 Å². The Hall–Kier alpha value is -2.33. The summed E-state index contributed by atoms with van der Waals surface area (Å²) < 4.78 is 0. The summed E-state index contributed by atoms with van der Waals surface area (Å²) in [5.74, 6) is 0.831. The van der Waals surface area contributed by atoms with Crippen molar-refractivity contribution >= 4 is 17.3 Å². The highest BCUT2D eigenvalue weighted by molar-refractivity contribution is 5.97. The summed E-state index contributed by atoms with van der Waals surface area (Å²) in [7, 11) is 0. The average Bonchev–Trinajstić information content (AvgIpc) is 3.09. The van der Waals surface area contributed by atoms with E-state index in [1.165, 1.54) is 16.7 Å². The van der Waals surface area contributed by atoms with Crippen molar-refractivity contribution in [2.45, 2.75) is 184 Å². The van der Waals surface area contributed by atoms with E-state index in [0.29, 0.717) is 43.7 Å². The quantitative estimate of drug-likeness (QED) is 0.295. The fourth-order valence-corrected chi connectivity index (χ4v) is 6.99. The van der Waals surface area contributed by atoms with Gasteiger partial charge in [0.05, 0.1) is 6.10 Å². The monoisotopic (exact) mass is 711 g/mol. The van der Waals surface area contributed by atoms with Gasteiger partial charge < -0.3 is 5.11 Å².